The zero-order valence-corrected chi connectivity index (χ0v) is 13.2. The number of carboxylic acid groups (broad SMARTS) is 1. The standard InChI is InChI=1S/C19H21NO3/c1-14-7-9-15(10-8-14)11-12-18(21)20-17(19(22)23)13-16-5-3-2-4-6-16/h2-10,17H,11-13H2,1H3,(H,20,21)(H,22,23)/t17-/m0/s1. The maximum Gasteiger partial charge on any atom is 0.326 e. The van der Waals surface area contributed by atoms with E-state index in [2.05, 4.69) is 5.32 Å². The van der Waals surface area contributed by atoms with Gasteiger partial charge in [-0.3, -0.25) is 4.79 Å². The zero-order valence-electron chi connectivity index (χ0n) is 13.2. The van der Waals surface area contributed by atoms with Gasteiger partial charge in [0.05, 0.1) is 0 Å². The smallest absolute Gasteiger partial charge is 0.326 e. The third-order valence-electron chi connectivity index (χ3n) is 3.68. The van der Waals surface area contributed by atoms with Crippen LogP contribution in [0.5, 0.6) is 0 Å². The van der Waals surface area contributed by atoms with Crippen molar-refractivity contribution in [3.05, 3.63) is 71.3 Å². The summed E-state index contributed by atoms with van der Waals surface area (Å²) in [6.07, 6.45) is 1.16. The summed E-state index contributed by atoms with van der Waals surface area (Å²) in [5, 5.41) is 11.9. The van der Waals surface area contributed by atoms with Crippen LogP contribution in [0.4, 0.5) is 0 Å². The Morgan fingerprint density at radius 3 is 2.26 bits per heavy atom. The number of benzene rings is 2. The van der Waals surface area contributed by atoms with Crippen molar-refractivity contribution in [1.29, 1.82) is 0 Å². The number of nitrogens with one attached hydrogen (secondary N) is 1. The van der Waals surface area contributed by atoms with E-state index in [1.807, 2.05) is 61.5 Å². The molecule has 4 nitrogen and oxygen atoms in total. The summed E-state index contributed by atoms with van der Waals surface area (Å²) < 4.78 is 0. The number of hydrogen-bond donors (Lipinski definition) is 2. The molecule has 1 amide bonds. The quantitative estimate of drug-likeness (QED) is 0.826. The number of rotatable bonds is 7. The molecule has 0 radical (unpaired) electrons. The molecule has 2 rings (SSSR count). The molecule has 2 aromatic rings. The molecule has 120 valence electrons. The van der Waals surface area contributed by atoms with Crippen LogP contribution >= 0.6 is 0 Å². The Bertz CT molecular complexity index is 650. The molecule has 0 aliphatic carbocycles. The molecule has 0 aromatic heterocycles. The van der Waals surface area contributed by atoms with Gasteiger partial charge in [0.25, 0.3) is 0 Å². The summed E-state index contributed by atoms with van der Waals surface area (Å²) in [6, 6.07) is 16.4. The first-order chi connectivity index (χ1) is 11.0. The van der Waals surface area contributed by atoms with E-state index in [0.29, 0.717) is 6.42 Å². The first kappa shape index (κ1) is 16.7. The third-order valence-corrected chi connectivity index (χ3v) is 3.68. The molecule has 0 aliphatic heterocycles. The summed E-state index contributed by atoms with van der Waals surface area (Å²) in [5.41, 5.74) is 3.13. The average Bonchev–Trinajstić information content (AvgIpc) is 2.54. The lowest BCUT2D eigenvalue weighted by Crippen LogP contribution is -2.42. The molecule has 0 saturated heterocycles. The third kappa shape index (κ3) is 5.58. The van der Waals surface area contributed by atoms with Crippen LogP contribution in [0.25, 0.3) is 0 Å². The SMILES string of the molecule is Cc1ccc(CCC(=O)N[C@@H](Cc2ccccc2)C(=O)O)cc1. The largest absolute Gasteiger partial charge is 0.480 e. The van der Waals surface area contributed by atoms with Gasteiger partial charge in [-0.1, -0.05) is 60.2 Å². The van der Waals surface area contributed by atoms with Crippen LogP contribution in [0.2, 0.25) is 0 Å². The number of carbonyl (C=O) groups excluding carboxylic acids is 1. The second-order valence-electron chi connectivity index (χ2n) is 5.63. The molecule has 2 aromatic carbocycles. The van der Waals surface area contributed by atoms with Gasteiger partial charge in [-0.2, -0.15) is 0 Å². The molecule has 2 N–H and O–H groups in total. The molecule has 0 heterocycles. The van der Waals surface area contributed by atoms with Crippen LogP contribution < -0.4 is 5.32 Å². The summed E-state index contributed by atoms with van der Waals surface area (Å²) >= 11 is 0. The number of aryl methyl sites for hydroxylation is 2. The second kappa shape index (κ2) is 8.13. The van der Waals surface area contributed by atoms with Crippen molar-refractivity contribution in [3.8, 4) is 0 Å². The Hall–Kier alpha value is -2.62. The number of carbonyl (C=O) groups is 2. The number of carboxylic acids is 1. The molecule has 0 saturated carbocycles. The van der Waals surface area contributed by atoms with Crippen molar-refractivity contribution >= 4 is 11.9 Å². The van der Waals surface area contributed by atoms with Gasteiger partial charge in [-0.15, -0.1) is 0 Å². The molecular formula is C19H21NO3. The topological polar surface area (TPSA) is 66.4 Å². The highest BCUT2D eigenvalue weighted by atomic mass is 16.4. The molecule has 0 unspecified atom stereocenters. The van der Waals surface area contributed by atoms with E-state index >= 15 is 0 Å². The van der Waals surface area contributed by atoms with E-state index in [4.69, 9.17) is 0 Å². The zero-order chi connectivity index (χ0) is 16.7. The Kier molecular flexibility index (Phi) is 5.92. The molecule has 4 heteroatoms. The van der Waals surface area contributed by atoms with Crippen molar-refractivity contribution in [3.63, 3.8) is 0 Å². The highest BCUT2D eigenvalue weighted by molar-refractivity contribution is 5.83. The minimum absolute atomic E-state index is 0.242. The molecule has 1 atom stereocenters. The molecular weight excluding hydrogens is 290 g/mol. The molecule has 23 heavy (non-hydrogen) atoms. The fraction of sp³-hybridized carbons (Fsp3) is 0.263. The fourth-order valence-electron chi connectivity index (χ4n) is 2.33. The van der Waals surface area contributed by atoms with E-state index < -0.39 is 12.0 Å². The van der Waals surface area contributed by atoms with E-state index in [9.17, 15) is 14.7 Å². The van der Waals surface area contributed by atoms with Gasteiger partial charge in [0.15, 0.2) is 0 Å². The predicted octanol–water partition coefficient (Wildman–Crippen LogP) is 2.74. The summed E-state index contributed by atoms with van der Waals surface area (Å²) in [6.45, 7) is 2.01. The normalized spacial score (nSPS) is 11.7. The monoisotopic (exact) mass is 311 g/mol. The predicted molar refractivity (Wildman–Crippen MR) is 89.2 cm³/mol. The molecule has 0 aliphatic rings. The maximum absolute atomic E-state index is 12.0. The van der Waals surface area contributed by atoms with E-state index in [0.717, 1.165) is 11.1 Å². The van der Waals surface area contributed by atoms with Crippen LogP contribution in [0, 0.1) is 6.92 Å². The van der Waals surface area contributed by atoms with Gasteiger partial charge in [0.1, 0.15) is 6.04 Å². The minimum atomic E-state index is -1.02. The van der Waals surface area contributed by atoms with Gasteiger partial charge in [-0.25, -0.2) is 4.79 Å². The van der Waals surface area contributed by atoms with E-state index in [1.54, 1.807) is 0 Å². The van der Waals surface area contributed by atoms with Crippen molar-refractivity contribution in [2.45, 2.75) is 32.2 Å². The molecule has 0 fully saturated rings. The van der Waals surface area contributed by atoms with Crippen LogP contribution in [-0.2, 0) is 22.4 Å². The summed E-state index contributed by atoms with van der Waals surface area (Å²) in [4.78, 5) is 23.4. The first-order valence-corrected chi connectivity index (χ1v) is 7.66. The van der Waals surface area contributed by atoms with E-state index in [1.165, 1.54) is 5.56 Å². The van der Waals surface area contributed by atoms with Gasteiger partial charge in [0.2, 0.25) is 5.91 Å². The summed E-state index contributed by atoms with van der Waals surface area (Å²) in [7, 11) is 0. The lowest BCUT2D eigenvalue weighted by Gasteiger charge is -2.14. The number of aliphatic carboxylic acids is 1. The van der Waals surface area contributed by atoms with Crippen molar-refractivity contribution < 1.29 is 14.7 Å². The van der Waals surface area contributed by atoms with Crippen LogP contribution in [0.3, 0.4) is 0 Å². The molecule has 0 bridgehead atoms. The van der Waals surface area contributed by atoms with Gasteiger partial charge in [0, 0.05) is 12.8 Å². The Labute approximate surface area is 136 Å². The van der Waals surface area contributed by atoms with Crippen molar-refractivity contribution in [1.82, 2.24) is 5.32 Å². The van der Waals surface area contributed by atoms with Crippen LogP contribution in [0.1, 0.15) is 23.1 Å². The lowest BCUT2D eigenvalue weighted by atomic mass is 10.0. The first-order valence-electron chi connectivity index (χ1n) is 7.66. The Balaban J connectivity index is 1.88. The summed E-state index contributed by atoms with van der Waals surface area (Å²) in [5.74, 6) is -1.26. The Morgan fingerprint density at radius 1 is 1.00 bits per heavy atom. The highest BCUT2D eigenvalue weighted by Crippen LogP contribution is 2.07. The van der Waals surface area contributed by atoms with Crippen LogP contribution in [-0.4, -0.2) is 23.0 Å². The average molecular weight is 311 g/mol. The minimum Gasteiger partial charge on any atom is -0.480 e. The van der Waals surface area contributed by atoms with Crippen molar-refractivity contribution in [2.24, 2.45) is 0 Å². The number of amides is 1. The second-order valence-corrected chi connectivity index (χ2v) is 5.63. The van der Waals surface area contributed by atoms with Crippen LogP contribution in [0.15, 0.2) is 54.6 Å². The lowest BCUT2D eigenvalue weighted by molar-refractivity contribution is -0.141. The fourth-order valence-corrected chi connectivity index (χ4v) is 2.33. The van der Waals surface area contributed by atoms with E-state index in [-0.39, 0.29) is 18.7 Å². The maximum atomic E-state index is 12.0. The Morgan fingerprint density at radius 2 is 1.65 bits per heavy atom. The van der Waals surface area contributed by atoms with Gasteiger partial charge >= 0.3 is 5.97 Å². The van der Waals surface area contributed by atoms with Crippen molar-refractivity contribution in [2.75, 3.05) is 0 Å². The molecule has 0 spiro atoms. The number of hydrogen-bond acceptors (Lipinski definition) is 2. The van der Waals surface area contributed by atoms with Gasteiger partial charge < -0.3 is 10.4 Å². The van der Waals surface area contributed by atoms with Gasteiger partial charge in [-0.05, 0) is 24.5 Å². The highest BCUT2D eigenvalue weighted by Gasteiger charge is 2.20.